The molecule has 0 saturated carbocycles. The van der Waals surface area contributed by atoms with Crippen molar-refractivity contribution < 1.29 is 9.18 Å². The summed E-state index contributed by atoms with van der Waals surface area (Å²) in [5, 5.41) is 11.7. The molecule has 26 heavy (non-hydrogen) atoms. The molecule has 2 aromatic rings. The van der Waals surface area contributed by atoms with E-state index in [0.717, 1.165) is 24.6 Å². The molecule has 0 radical (unpaired) electrons. The van der Waals surface area contributed by atoms with Crippen molar-refractivity contribution >= 4 is 17.7 Å². The molecule has 1 aliphatic heterocycles. The van der Waals surface area contributed by atoms with Crippen molar-refractivity contribution in [2.24, 2.45) is 0 Å². The van der Waals surface area contributed by atoms with Gasteiger partial charge in [-0.15, -0.1) is 10.2 Å². The molecular weight excluding hydrogens is 353 g/mol. The van der Waals surface area contributed by atoms with E-state index in [2.05, 4.69) is 20.4 Å². The van der Waals surface area contributed by atoms with Crippen molar-refractivity contribution in [1.82, 2.24) is 25.0 Å². The Morgan fingerprint density at radius 1 is 1.23 bits per heavy atom. The number of amides is 1. The Bertz CT molecular complexity index is 743. The van der Waals surface area contributed by atoms with E-state index in [1.165, 1.54) is 43.2 Å². The predicted octanol–water partition coefficient (Wildman–Crippen LogP) is 2.62. The zero-order chi connectivity index (χ0) is 18.5. The van der Waals surface area contributed by atoms with Crippen LogP contribution in [0, 0.1) is 5.82 Å². The smallest absolute Gasteiger partial charge is 0.233 e. The Balaban J connectivity index is 1.90. The highest BCUT2D eigenvalue weighted by molar-refractivity contribution is 8.00. The number of rotatable bonds is 6. The third-order valence-corrected chi connectivity index (χ3v) is 5.54. The molecule has 1 atom stereocenters. The van der Waals surface area contributed by atoms with Crippen molar-refractivity contribution in [1.29, 1.82) is 0 Å². The van der Waals surface area contributed by atoms with Crippen LogP contribution in [0.2, 0.25) is 0 Å². The highest BCUT2D eigenvalue weighted by atomic mass is 32.2. The number of hydrogen-bond acceptors (Lipinski definition) is 5. The Morgan fingerprint density at radius 3 is 2.58 bits per heavy atom. The molecule has 0 spiro atoms. The lowest BCUT2D eigenvalue weighted by Crippen LogP contribution is -2.30. The maximum absolute atomic E-state index is 13.4. The minimum absolute atomic E-state index is 0.0683. The second-order valence-corrected chi connectivity index (χ2v) is 7.73. The highest BCUT2D eigenvalue weighted by Gasteiger charge is 2.22. The number of carbonyl (C=O) groups excluding carboxylic acids is 1. The van der Waals surface area contributed by atoms with Gasteiger partial charge in [0.15, 0.2) is 11.0 Å². The van der Waals surface area contributed by atoms with Gasteiger partial charge in [-0.05, 0) is 57.1 Å². The number of halogens is 1. The monoisotopic (exact) mass is 377 g/mol. The summed E-state index contributed by atoms with van der Waals surface area (Å²) in [6, 6.07) is 6.29. The molecule has 140 valence electrons. The summed E-state index contributed by atoms with van der Waals surface area (Å²) in [6.07, 6.45) is 3.66. The first kappa shape index (κ1) is 18.8. The molecule has 0 bridgehead atoms. The predicted molar refractivity (Wildman–Crippen MR) is 99.8 cm³/mol. The summed E-state index contributed by atoms with van der Waals surface area (Å²) < 4.78 is 15.3. The number of piperidine rings is 1. The van der Waals surface area contributed by atoms with Crippen molar-refractivity contribution in [3.63, 3.8) is 0 Å². The minimum Gasteiger partial charge on any atom is -0.358 e. The number of benzene rings is 1. The van der Waals surface area contributed by atoms with Crippen LogP contribution >= 0.6 is 11.8 Å². The van der Waals surface area contributed by atoms with Crippen LogP contribution in [0.3, 0.4) is 0 Å². The summed E-state index contributed by atoms with van der Waals surface area (Å²) in [7, 11) is 1.62. The van der Waals surface area contributed by atoms with E-state index in [9.17, 15) is 9.18 Å². The first-order valence-corrected chi connectivity index (χ1v) is 9.77. The van der Waals surface area contributed by atoms with Crippen LogP contribution < -0.4 is 5.32 Å². The fraction of sp³-hybridized carbons (Fsp3) is 0.500. The first-order chi connectivity index (χ1) is 12.6. The number of carbonyl (C=O) groups is 1. The molecule has 1 aromatic carbocycles. The highest BCUT2D eigenvalue weighted by Crippen LogP contribution is 2.27. The van der Waals surface area contributed by atoms with Gasteiger partial charge in [0.2, 0.25) is 5.91 Å². The molecular formula is C18H24FN5OS. The van der Waals surface area contributed by atoms with Crippen molar-refractivity contribution in [3.05, 3.63) is 35.9 Å². The van der Waals surface area contributed by atoms with Crippen molar-refractivity contribution in [3.8, 4) is 5.69 Å². The average molecular weight is 377 g/mol. The van der Waals surface area contributed by atoms with Crippen LogP contribution in [0.15, 0.2) is 29.4 Å². The summed E-state index contributed by atoms with van der Waals surface area (Å²) in [5.74, 6) is 0.457. The number of aromatic nitrogens is 3. The quantitative estimate of drug-likeness (QED) is 0.784. The van der Waals surface area contributed by atoms with Gasteiger partial charge in [0.1, 0.15) is 5.82 Å². The zero-order valence-corrected chi connectivity index (χ0v) is 15.9. The van der Waals surface area contributed by atoms with E-state index >= 15 is 0 Å². The third-order valence-electron chi connectivity index (χ3n) is 4.50. The van der Waals surface area contributed by atoms with Gasteiger partial charge < -0.3 is 5.32 Å². The van der Waals surface area contributed by atoms with Crippen LogP contribution in [-0.2, 0) is 11.3 Å². The third kappa shape index (κ3) is 4.42. The Morgan fingerprint density at radius 2 is 1.92 bits per heavy atom. The summed E-state index contributed by atoms with van der Waals surface area (Å²) in [4.78, 5) is 14.3. The van der Waals surface area contributed by atoms with E-state index < -0.39 is 0 Å². The molecule has 1 aliphatic rings. The molecule has 8 heteroatoms. The second-order valence-electron chi connectivity index (χ2n) is 6.42. The standard InChI is InChI=1S/C18H24FN5OS/c1-13(17(25)20-2)26-18-22-21-16(12-23-10-4-3-5-11-23)24(18)15-8-6-14(19)7-9-15/h6-9,13H,3-5,10-12H2,1-2H3,(H,20,25). The number of thioether (sulfide) groups is 1. The Labute approximate surface area is 157 Å². The second kappa shape index (κ2) is 8.64. The maximum atomic E-state index is 13.4. The summed E-state index contributed by atoms with van der Waals surface area (Å²) in [5.41, 5.74) is 0.801. The molecule has 2 heterocycles. The van der Waals surface area contributed by atoms with E-state index in [4.69, 9.17) is 0 Å². The molecule has 3 rings (SSSR count). The number of likely N-dealkylation sites (tertiary alicyclic amines) is 1. The van der Waals surface area contributed by atoms with Crippen LogP contribution in [0.1, 0.15) is 32.0 Å². The number of nitrogens with zero attached hydrogens (tertiary/aromatic N) is 4. The first-order valence-electron chi connectivity index (χ1n) is 8.89. The minimum atomic E-state index is -0.300. The van der Waals surface area contributed by atoms with E-state index in [1.807, 2.05) is 11.5 Å². The molecule has 1 saturated heterocycles. The number of nitrogens with one attached hydrogen (secondary N) is 1. The SMILES string of the molecule is CNC(=O)C(C)Sc1nnc(CN2CCCCC2)n1-c1ccc(F)cc1. The lowest BCUT2D eigenvalue weighted by Gasteiger charge is -2.26. The molecule has 1 fully saturated rings. The molecule has 1 unspecified atom stereocenters. The lowest BCUT2D eigenvalue weighted by molar-refractivity contribution is -0.119. The Kier molecular flexibility index (Phi) is 6.26. The fourth-order valence-corrected chi connectivity index (χ4v) is 4.01. The van der Waals surface area contributed by atoms with Gasteiger partial charge in [0, 0.05) is 12.7 Å². The molecule has 1 amide bonds. The molecule has 6 nitrogen and oxygen atoms in total. The fourth-order valence-electron chi connectivity index (χ4n) is 3.06. The molecule has 1 aromatic heterocycles. The van der Waals surface area contributed by atoms with Crippen molar-refractivity contribution in [2.75, 3.05) is 20.1 Å². The van der Waals surface area contributed by atoms with Gasteiger partial charge in [-0.2, -0.15) is 0 Å². The van der Waals surface area contributed by atoms with Crippen LogP contribution in [-0.4, -0.2) is 51.0 Å². The molecule has 0 aliphatic carbocycles. The lowest BCUT2D eigenvalue weighted by atomic mass is 10.1. The topological polar surface area (TPSA) is 63.1 Å². The molecule has 1 N–H and O–H groups in total. The van der Waals surface area contributed by atoms with Crippen molar-refractivity contribution in [2.45, 2.75) is 43.1 Å². The van der Waals surface area contributed by atoms with Gasteiger partial charge in [-0.1, -0.05) is 18.2 Å². The van der Waals surface area contributed by atoms with Gasteiger partial charge in [-0.3, -0.25) is 14.3 Å². The van der Waals surface area contributed by atoms with Crippen LogP contribution in [0.4, 0.5) is 4.39 Å². The normalized spacial score (nSPS) is 16.4. The summed E-state index contributed by atoms with van der Waals surface area (Å²) in [6.45, 7) is 4.62. The van der Waals surface area contributed by atoms with E-state index in [-0.39, 0.29) is 17.0 Å². The van der Waals surface area contributed by atoms with Gasteiger partial charge in [0.05, 0.1) is 11.8 Å². The van der Waals surface area contributed by atoms with Gasteiger partial charge in [0.25, 0.3) is 0 Å². The van der Waals surface area contributed by atoms with Gasteiger partial charge >= 0.3 is 0 Å². The van der Waals surface area contributed by atoms with Crippen LogP contribution in [0.25, 0.3) is 5.69 Å². The van der Waals surface area contributed by atoms with E-state index in [1.54, 1.807) is 19.2 Å². The zero-order valence-electron chi connectivity index (χ0n) is 15.1. The van der Waals surface area contributed by atoms with E-state index in [0.29, 0.717) is 11.7 Å². The van der Waals surface area contributed by atoms with Crippen LogP contribution in [0.5, 0.6) is 0 Å². The number of hydrogen-bond donors (Lipinski definition) is 1. The summed E-state index contributed by atoms with van der Waals surface area (Å²) >= 11 is 1.35. The maximum Gasteiger partial charge on any atom is 0.233 e. The largest absolute Gasteiger partial charge is 0.358 e. The Hall–Kier alpha value is -1.93. The average Bonchev–Trinajstić information content (AvgIpc) is 3.04. The van der Waals surface area contributed by atoms with Gasteiger partial charge in [-0.25, -0.2) is 4.39 Å².